The molecule has 3 N–H and O–H groups in total. The number of hydrogen-bond acceptors (Lipinski definition) is 5. The van der Waals surface area contributed by atoms with Crippen molar-refractivity contribution >= 4 is 31.8 Å². The Bertz CT molecular complexity index is 921. The zero-order chi connectivity index (χ0) is 21.8. The second-order valence-electron chi connectivity index (χ2n) is 7.71. The molecule has 164 valence electrons. The van der Waals surface area contributed by atoms with Gasteiger partial charge in [0.05, 0.1) is 10.1 Å². The molecule has 1 aromatic rings. The van der Waals surface area contributed by atoms with Crippen molar-refractivity contribution < 1.29 is 21.6 Å². The van der Waals surface area contributed by atoms with Crippen LogP contribution in [-0.4, -0.2) is 58.2 Å². The van der Waals surface area contributed by atoms with E-state index in [0.29, 0.717) is 31.6 Å². The summed E-state index contributed by atoms with van der Waals surface area (Å²) in [5.74, 6) is 0. The van der Waals surface area contributed by atoms with Gasteiger partial charge in [-0.25, -0.2) is 31.1 Å². The van der Waals surface area contributed by atoms with Crippen LogP contribution in [-0.2, 0) is 20.0 Å². The monoisotopic (exact) mass is 446 g/mol. The molecule has 1 heterocycles. The molecular formula is C18H30N4O5S2. The van der Waals surface area contributed by atoms with Gasteiger partial charge in [0.25, 0.3) is 0 Å². The molecule has 2 amide bonds. The first-order chi connectivity index (χ1) is 13.4. The van der Waals surface area contributed by atoms with Crippen LogP contribution in [0.3, 0.4) is 0 Å². The number of piperidine rings is 1. The zero-order valence-electron chi connectivity index (χ0n) is 17.2. The number of hydrogen-bond donors (Lipinski definition) is 3. The number of nitrogens with zero attached hydrogens (tertiary/aromatic N) is 1. The summed E-state index contributed by atoms with van der Waals surface area (Å²) in [4.78, 5) is 14.2. The number of likely N-dealkylation sites (tertiary alicyclic amines) is 1. The lowest BCUT2D eigenvalue weighted by Crippen LogP contribution is -2.48. The average molecular weight is 447 g/mol. The third-order valence-electron chi connectivity index (χ3n) is 4.52. The van der Waals surface area contributed by atoms with E-state index in [4.69, 9.17) is 0 Å². The Morgan fingerprint density at radius 2 is 1.69 bits per heavy atom. The Morgan fingerprint density at radius 1 is 1.07 bits per heavy atom. The molecule has 0 atom stereocenters. The van der Waals surface area contributed by atoms with Crippen molar-refractivity contribution in [1.82, 2.24) is 14.3 Å². The number of amides is 2. The quantitative estimate of drug-likeness (QED) is 0.588. The number of nitrogens with one attached hydrogen (secondary N) is 3. The Hall–Kier alpha value is -1.69. The Kier molecular flexibility index (Phi) is 7.66. The summed E-state index contributed by atoms with van der Waals surface area (Å²) in [7, 11) is -7.00. The van der Waals surface area contributed by atoms with Crippen molar-refractivity contribution in [3.63, 3.8) is 0 Å². The second-order valence-corrected chi connectivity index (χ2v) is 11.7. The maximum absolute atomic E-state index is 12.5. The van der Waals surface area contributed by atoms with Crippen LogP contribution in [0, 0.1) is 0 Å². The first kappa shape index (κ1) is 23.6. The van der Waals surface area contributed by atoms with Crippen LogP contribution in [0.25, 0.3) is 0 Å². The topological polar surface area (TPSA) is 125 Å². The van der Waals surface area contributed by atoms with E-state index >= 15 is 0 Å². The Labute approximate surface area is 173 Å². The van der Waals surface area contributed by atoms with E-state index in [1.54, 1.807) is 44.7 Å². The van der Waals surface area contributed by atoms with Gasteiger partial charge in [-0.1, -0.05) is 6.07 Å². The molecule has 1 aliphatic heterocycles. The van der Waals surface area contributed by atoms with E-state index in [0.717, 1.165) is 0 Å². The van der Waals surface area contributed by atoms with Crippen LogP contribution >= 0.6 is 0 Å². The zero-order valence-corrected chi connectivity index (χ0v) is 18.8. The molecule has 29 heavy (non-hydrogen) atoms. The Morgan fingerprint density at radius 3 is 2.24 bits per heavy atom. The van der Waals surface area contributed by atoms with Crippen molar-refractivity contribution in [1.29, 1.82) is 0 Å². The van der Waals surface area contributed by atoms with E-state index in [-0.39, 0.29) is 23.0 Å². The minimum absolute atomic E-state index is 0.0748. The summed E-state index contributed by atoms with van der Waals surface area (Å²) in [6.07, 6.45) is 1.04. The molecule has 0 radical (unpaired) electrons. The van der Waals surface area contributed by atoms with Crippen molar-refractivity contribution in [2.75, 3.05) is 18.4 Å². The van der Waals surface area contributed by atoms with Crippen molar-refractivity contribution in [2.24, 2.45) is 0 Å². The number of sulfonamides is 2. The summed E-state index contributed by atoms with van der Waals surface area (Å²) in [6.45, 7) is 7.52. The van der Waals surface area contributed by atoms with E-state index < -0.39 is 25.3 Å². The minimum Gasteiger partial charge on any atom is -0.324 e. The van der Waals surface area contributed by atoms with Crippen LogP contribution in [0.15, 0.2) is 29.2 Å². The fourth-order valence-electron chi connectivity index (χ4n) is 2.89. The van der Waals surface area contributed by atoms with Gasteiger partial charge in [-0.3, -0.25) is 0 Å². The maximum atomic E-state index is 12.5. The molecule has 0 unspecified atom stereocenters. The summed E-state index contributed by atoms with van der Waals surface area (Å²) < 4.78 is 53.7. The van der Waals surface area contributed by atoms with Gasteiger partial charge in [0.15, 0.2) is 0 Å². The molecule has 1 saturated heterocycles. The molecule has 11 heteroatoms. The van der Waals surface area contributed by atoms with Crippen LogP contribution in [0.2, 0.25) is 0 Å². The van der Waals surface area contributed by atoms with E-state index in [2.05, 4.69) is 14.8 Å². The van der Waals surface area contributed by atoms with E-state index in [1.165, 1.54) is 12.1 Å². The predicted molar refractivity (Wildman–Crippen MR) is 113 cm³/mol. The van der Waals surface area contributed by atoms with Gasteiger partial charge in [0, 0.05) is 30.9 Å². The third-order valence-corrected chi connectivity index (χ3v) is 8.08. The van der Waals surface area contributed by atoms with E-state index in [9.17, 15) is 21.6 Å². The highest BCUT2D eigenvalue weighted by molar-refractivity contribution is 7.90. The molecule has 0 aromatic heterocycles. The summed E-state index contributed by atoms with van der Waals surface area (Å²) in [5.41, 5.74) is 0.379. The first-order valence-electron chi connectivity index (χ1n) is 9.60. The number of rotatable bonds is 7. The first-order valence-corrected chi connectivity index (χ1v) is 12.6. The molecule has 0 aliphatic carbocycles. The number of carbonyl (C=O) groups is 1. The molecular weight excluding hydrogens is 416 g/mol. The van der Waals surface area contributed by atoms with Crippen LogP contribution in [0.5, 0.6) is 0 Å². The van der Waals surface area contributed by atoms with Crippen molar-refractivity contribution in [2.45, 2.75) is 62.8 Å². The fraction of sp³-hybridized carbons (Fsp3) is 0.611. The lowest BCUT2D eigenvalue weighted by atomic mass is 10.1. The van der Waals surface area contributed by atoms with Crippen molar-refractivity contribution in [3.8, 4) is 0 Å². The van der Waals surface area contributed by atoms with Gasteiger partial charge in [0.1, 0.15) is 0 Å². The molecule has 0 bridgehead atoms. The van der Waals surface area contributed by atoms with Gasteiger partial charge >= 0.3 is 6.03 Å². The van der Waals surface area contributed by atoms with Crippen molar-refractivity contribution in [3.05, 3.63) is 24.3 Å². The average Bonchev–Trinajstić information content (AvgIpc) is 2.61. The molecule has 0 spiro atoms. The lowest BCUT2D eigenvalue weighted by molar-refractivity contribution is 0.193. The molecule has 0 saturated carbocycles. The minimum atomic E-state index is -3.65. The normalized spacial score (nSPS) is 16.4. The van der Waals surface area contributed by atoms with Gasteiger partial charge in [-0.05, 0) is 58.7 Å². The molecule has 1 fully saturated rings. The van der Waals surface area contributed by atoms with Gasteiger partial charge in [0.2, 0.25) is 20.0 Å². The second kappa shape index (κ2) is 9.41. The smallest absolute Gasteiger partial charge is 0.321 e. The molecule has 1 aliphatic rings. The number of anilines is 1. The SMILES string of the molecule is CC(C)NS(=O)(=O)c1cccc(NC(=O)N2CCC(NS(=O)(=O)C(C)C)CC2)c1. The molecule has 1 aromatic carbocycles. The third kappa shape index (κ3) is 6.66. The summed E-state index contributed by atoms with van der Waals surface area (Å²) in [6, 6.07) is 5.28. The van der Waals surface area contributed by atoms with Crippen LogP contribution < -0.4 is 14.8 Å². The van der Waals surface area contributed by atoms with Crippen LogP contribution in [0.1, 0.15) is 40.5 Å². The lowest BCUT2D eigenvalue weighted by Gasteiger charge is -2.32. The summed E-state index contributed by atoms with van der Waals surface area (Å²) in [5, 5.41) is 2.21. The highest BCUT2D eigenvalue weighted by atomic mass is 32.2. The largest absolute Gasteiger partial charge is 0.324 e. The number of benzene rings is 1. The highest BCUT2D eigenvalue weighted by Gasteiger charge is 2.27. The highest BCUT2D eigenvalue weighted by Crippen LogP contribution is 2.18. The van der Waals surface area contributed by atoms with Gasteiger partial charge in [-0.15, -0.1) is 0 Å². The number of carbonyl (C=O) groups excluding carboxylic acids is 1. The van der Waals surface area contributed by atoms with Gasteiger partial charge < -0.3 is 10.2 Å². The standard InChI is InChI=1S/C18H30N4O5S2/c1-13(2)20-29(26,27)17-7-5-6-16(12-17)19-18(23)22-10-8-15(9-11-22)21-28(24,25)14(3)4/h5-7,12-15,20-21H,8-11H2,1-4H3,(H,19,23). The Balaban J connectivity index is 1.96. The van der Waals surface area contributed by atoms with E-state index in [1.807, 2.05) is 0 Å². The summed E-state index contributed by atoms with van der Waals surface area (Å²) >= 11 is 0. The molecule has 9 nitrogen and oxygen atoms in total. The fourth-order valence-corrected chi connectivity index (χ4v) is 5.16. The molecule has 2 rings (SSSR count). The van der Waals surface area contributed by atoms with Gasteiger partial charge in [-0.2, -0.15) is 0 Å². The maximum Gasteiger partial charge on any atom is 0.321 e. The number of urea groups is 1. The predicted octanol–water partition coefficient (Wildman–Crippen LogP) is 1.70. The van der Waals surface area contributed by atoms with Crippen LogP contribution in [0.4, 0.5) is 10.5 Å².